The molecule has 0 spiro atoms. The molecule has 0 unspecified atom stereocenters. The quantitative estimate of drug-likeness (QED) is 0.582. The number of fused-ring (bicyclic) bond motifs is 1. The van der Waals surface area contributed by atoms with E-state index in [1.807, 2.05) is 31.2 Å². The van der Waals surface area contributed by atoms with E-state index in [2.05, 4.69) is 24.3 Å². The smallest absolute Gasteiger partial charge is 0.123 e. The number of hydrogen-bond donors (Lipinski definition) is 0. The summed E-state index contributed by atoms with van der Waals surface area (Å²) in [5.74, 6) is 0.354. The fourth-order valence-electron chi connectivity index (χ4n) is 3.18. The van der Waals surface area contributed by atoms with Crippen LogP contribution < -0.4 is 0 Å². The van der Waals surface area contributed by atoms with Crippen molar-refractivity contribution in [3.05, 3.63) is 71.7 Å². The van der Waals surface area contributed by atoms with Crippen LogP contribution >= 0.6 is 0 Å². The second kappa shape index (κ2) is 5.62. The number of halogens is 1. The number of pyridine rings is 1. The van der Waals surface area contributed by atoms with Crippen LogP contribution in [0.25, 0.3) is 28.1 Å². The molecule has 3 aromatic rings. The maximum Gasteiger partial charge on any atom is 0.123 e. The zero-order valence-corrected chi connectivity index (χ0v) is 13.1. The van der Waals surface area contributed by atoms with Gasteiger partial charge < -0.3 is 0 Å². The molecule has 1 fully saturated rings. The predicted molar refractivity (Wildman–Crippen MR) is 93.8 cm³/mol. The topological polar surface area (TPSA) is 12.9 Å². The Labute approximate surface area is 135 Å². The van der Waals surface area contributed by atoms with Crippen molar-refractivity contribution in [3.8, 4) is 11.1 Å². The molecule has 1 aliphatic rings. The monoisotopic (exact) mass is 303 g/mol. The molecule has 4 rings (SSSR count). The van der Waals surface area contributed by atoms with Crippen LogP contribution in [0.3, 0.4) is 0 Å². The number of rotatable bonds is 3. The molecule has 0 saturated heterocycles. The van der Waals surface area contributed by atoms with Crippen molar-refractivity contribution in [1.29, 1.82) is 0 Å². The lowest BCUT2D eigenvalue weighted by atomic mass is 9.92. The van der Waals surface area contributed by atoms with E-state index in [0.29, 0.717) is 5.92 Å². The van der Waals surface area contributed by atoms with E-state index >= 15 is 0 Å². The third kappa shape index (κ3) is 2.55. The molecule has 2 heteroatoms. The molecule has 23 heavy (non-hydrogen) atoms. The molecule has 2 aromatic carbocycles. The second-order valence-electron chi connectivity index (χ2n) is 6.08. The largest absolute Gasteiger partial charge is 0.252 e. The number of allylic oxidation sites excluding steroid dienone is 1. The highest BCUT2D eigenvalue weighted by Gasteiger charge is 2.29. The van der Waals surface area contributed by atoms with Gasteiger partial charge in [0, 0.05) is 22.4 Å². The predicted octanol–water partition coefficient (Wildman–Crippen LogP) is 5.95. The van der Waals surface area contributed by atoms with Crippen LogP contribution in [-0.4, -0.2) is 4.98 Å². The summed E-state index contributed by atoms with van der Waals surface area (Å²) >= 11 is 0. The summed E-state index contributed by atoms with van der Waals surface area (Å²) in [5, 5.41) is 1.12. The Morgan fingerprint density at radius 2 is 1.78 bits per heavy atom. The fraction of sp³-hybridized carbons (Fsp3) is 0.190. The van der Waals surface area contributed by atoms with E-state index < -0.39 is 0 Å². The van der Waals surface area contributed by atoms with Crippen molar-refractivity contribution in [3.63, 3.8) is 0 Å². The highest BCUT2D eigenvalue weighted by molar-refractivity contribution is 5.99. The number of benzene rings is 2. The first-order valence-corrected chi connectivity index (χ1v) is 8.09. The minimum Gasteiger partial charge on any atom is -0.252 e. The number of aromatic nitrogens is 1. The molecule has 0 radical (unpaired) electrons. The van der Waals surface area contributed by atoms with Crippen molar-refractivity contribution in [1.82, 2.24) is 4.98 Å². The van der Waals surface area contributed by atoms with Crippen LogP contribution in [0.5, 0.6) is 0 Å². The van der Waals surface area contributed by atoms with Gasteiger partial charge in [-0.1, -0.05) is 42.5 Å². The first-order chi connectivity index (χ1) is 11.3. The van der Waals surface area contributed by atoms with Crippen molar-refractivity contribution >= 4 is 17.0 Å². The van der Waals surface area contributed by atoms with E-state index in [0.717, 1.165) is 22.0 Å². The van der Waals surface area contributed by atoms with Gasteiger partial charge in [0.15, 0.2) is 0 Å². The van der Waals surface area contributed by atoms with Crippen molar-refractivity contribution in [2.45, 2.75) is 25.7 Å². The number of nitrogens with zero attached hydrogens (tertiary/aromatic N) is 1. The Morgan fingerprint density at radius 3 is 2.48 bits per heavy atom. The molecule has 0 amide bonds. The Morgan fingerprint density at radius 1 is 1.04 bits per heavy atom. The Bertz CT molecular complexity index is 890. The Hall–Kier alpha value is -2.48. The average Bonchev–Trinajstić information content (AvgIpc) is 3.40. The minimum atomic E-state index is -0.206. The molecule has 1 saturated carbocycles. The summed E-state index contributed by atoms with van der Waals surface area (Å²) in [6.07, 6.45) is 6.62. The van der Waals surface area contributed by atoms with E-state index in [9.17, 15) is 4.39 Å². The summed E-state index contributed by atoms with van der Waals surface area (Å²) in [6, 6.07) is 15.0. The molecule has 1 heterocycles. The molecular weight excluding hydrogens is 285 g/mol. The lowest BCUT2D eigenvalue weighted by molar-refractivity contribution is 0.628. The lowest BCUT2D eigenvalue weighted by Gasteiger charge is -2.15. The Kier molecular flexibility index (Phi) is 3.45. The van der Waals surface area contributed by atoms with Gasteiger partial charge in [-0.2, -0.15) is 0 Å². The van der Waals surface area contributed by atoms with Crippen molar-refractivity contribution < 1.29 is 4.39 Å². The van der Waals surface area contributed by atoms with Gasteiger partial charge in [-0.15, -0.1) is 0 Å². The molecule has 0 atom stereocenters. The summed E-state index contributed by atoms with van der Waals surface area (Å²) in [6.45, 7) is 2.03. The average molecular weight is 303 g/mol. The van der Waals surface area contributed by atoms with Crippen LogP contribution in [0, 0.1) is 5.82 Å². The van der Waals surface area contributed by atoms with E-state index in [1.165, 1.54) is 36.2 Å². The third-order valence-electron chi connectivity index (χ3n) is 4.39. The summed E-state index contributed by atoms with van der Waals surface area (Å²) in [5.41, 5.74) is 5.58. The second-order valence-corrected chi connectivity index (χ2v) is 6.08. The van der Waals surface area contributed by atoms with Crippen LogP contribution in [-0.2, 0) is 0 Å². The third-order valence-corrected chi connectivity index (χ3v) is 4.39. The number of hydrogen-bond acceptors (Lipinski definition) is 1. The summed E-state index contributed by atoms with van der Waals surface area (Å²) in [7, 11) is 0. The molecule has 0 aliphatic heterocycles. The van der Waals surface area contributed by atoms with Gasteiger partial charge in [0.2, 0.25) is 0 Å². The molecule has 114 valence electrons. The first kappa shape index (κ1) is 14.1. The van der Waals surface area contributed by atoms with Gasteiger partial charge in [0.05, 0.1) is 11.2 Å². The van der Waals surface area contributed by atoms with Crippen molar-refractivity contribution in [2.24, 2.45) is 0 Å². The van der Waals surface area contributed by atoms with Gasteiger partial charge >= 0.3 is 0 Å². The van der Waals surface area contributed by atoms with Gasteiger partial charge in [-0.3, -0.25) is 4.98 Å². The Balaban J connectivity index is 2.09. The SMILES string of the molecule is C/C=C/c1c(C2CC2)nc2ccccc2c1-c1ccc(F)cc1. The van der Waals surface area contributed by atoms with E-state index in [4.69, 9.17) is 4.98 Å². The number of para-hydroxylation sites is 1. The van der Waals surface area contributed by atoms with Crippen molar-refractivity contribution in [2.75, 3.05) is 0 Å². The van der Waals surface area contributed by atoms with Crippen LogP contribution in [0.1, 0.15) is 36.9 Å². The lowest BCUT2D eigenvalue weighted by Crippen LogP contribution is -1.98. The molecular formula is C21H18FN. The molecule has 0 N–H and O–H groups in total. The van der Waals surface area contributed by atoms with E-state index in [1.54, 1.807) is 0 Å². The highest BCUT2D eigenvalue weighted by atomic mass is 19.1. The van der Waals surface area contributed by atoms with Crippen LogP contribution in [0.4, 0.5) is 4.39 Å². The fourth-order valence-corrected chi connectivity index (χ4v) is 3.18. The highest BCUT2D eigenvalue weighted by Crippen LogP contribution is 2.45. The van der Waals surface area contributed by atoms with Gasteiger partial charge in [-0.05, 0) is 43.5 Å². The molecule has 1 aliphatic carbocycles. The van der Waals surface area contributed by atoms with Crippen LogP contribution in [0.2, 0.25) is 0 Å². The minimum absolute atomic E-state index is 0.206. The van der Waals surface area contributed by atoms with Gasteiger partial charge in [-0.25, -0.2) is 4.39 Å². The zero-order valence-electron chi connectivity index (χ0n) is 13.1. The normalized spacial score (nSPS) is 14.7. The summed E-state index contributed by atoms with van der Waals surface area (Å²) in [4.78, 5) is 4.93. The standard InChI is InChI=1S/C21H18FN/c1-2-5-18-20(14-10-12-16(22)13-11-14)17-6-3-4-7-19(17)23-21(18)15-8-9-15/h2-7,10-13,15H,8-9H2,1H3/b5-2+. The zero-order chi connectivity index (χ0) is 15.8. The molecule has 1 aromatic heterocycles. The van der Waals surface area contributed by atoms with Gasteiger partial charge in [0.1, 0.15) is 5.82 Å². The van der Waals surface area contributed by atoms with E-state index in [-0.39, 0.29) is 5.82 Å². The molecule has 1 nitrogen and oxygen atoms in total. The molecule has 0 bridgehead atoms. The van der Waals surface area contributed by atoms with Gasteiger partial charge in [0.25, 0.3) is 0 Å². The maximum atomic E-state index is 13.4. The summed E-state index contributed by atoms with van der Waals surface area (Å²) < 4.78 is 13.4. The maximum absolute atomic E-state index is 13.4. The first-order valence-electron chi connectivity index (χ1n) is 8.09. The van der Waals surface area contributed by atoms with Crippen LogP contribution in [0.15, 0.2) is 54.6 Å².